The van der Waals surface area contributed by atoms with Gasteiger partial charge in [-0.15, -0.1) is 0 Å². The van der Waals surface area contributed by atoms with Gasteiger partial charge in [0, 0.05) is 24.0 Å². The van der Waals surface area contributed by atoms with Gasteiger partial charge in [0.25, 0.3) is 0 Å². The maximum absolute atomic E-state index is 12.3. The van der Waals surface area contributed by atoms with E-state index in [0.717, 1.165) is 23.1 Å². The monoisotopic (exact) mass is 356 g/mol. The Bertz CT molecular complexity index is 448. The van der Waals surface area contributed by atoms with E-state index in [1.54, 1.807) is 0 Å². The second-order valence-electron chi connectivity index (χ2n) is 5.59. The Kier molecular flexibility index (Phi) is 7.35. The molecule has 1 unspecified atom stereocenters. The molecule has 1 atom stereocenters. The van der Waals surface area contributed by atoms with Crippen LogP contribution in [0, 0.1) is 0 Å². The van der Waals surface area contributed by atoms with Gasteiger partial charge in [-0.05, 0) is 45.6 Å². The third kappa shape index (κ3) is 6.16. The predicted octanol–water partition coefficient (Wildman–Crippen LogP) is 2.46. The van der Waals surface area contributed by atoms with E-state index in [1.807, 2.05) is 52.2 Å². The van der Waals surface area contributed by atoms with Gasteiger partial charge < -0.3 is 15.0 Å². The number of ether oxygens (including phenoxy) is 1. The molecule has 0 spiro atoms. The number of esters is 1. The summed E-state index contributed by atoms with van der Waals surface area (Å²) in [5.74, 6) is -0.202. The number of carbonyl (C=O) groups is 1. The fourth-order valence-electron chi connectivity index (χ4n) is 2.06. The van der Waals surface area contributed by atoms with Gasteiger partial charge >= 0.3 is 5.97 Å². The zero-order chi connectivity index (χ0) is 15.9. The van der Waals surface area contributed by atoms with Crippen molar-refractivity contribution >= 4 is 21.9 Å². The summed E-state index contributed by atoms with van der Waals surface area (Å²) in [6, 6.07) is 8.02. The van der Waals surface area contributed by atoms with E-state index < -0.39 is 5.54 Å². The van der Waals surface area contributed by atoms with Crippen LogP contribution in [0.4, 0.5) is 0 Å². The zero-order valence-electron chi connectivity index (χ0n) is 13.3. The second-order valence-corrected chi connectivity index (χ2v) is 6.50. The minimum Gasteiger partial charge on any atom is -0.465 e. The number of hydrogen-bond donors (Lipinski definition) is 1. The van der Waals surface area contributed by atoms with Crippen LogP contribution in [0.25, 0.3) is 0 Å². The average molecular weight is 357 g/mol. The third-order valence-corrected chi connectivity index (χ3v) is 3.80. The van der Waals surface area contributed by atoms with Crippen molar-refractivity contribution in [2.24, 2.45) is 0 Å². The highest BCUT2D eigenvalue weighted by Crippen LogP contribution is 2.18. The van der Waals surface area contributed by atoms with Crippen LogP contribution >= 0.6 is 15.9 Å². The minimum absolute atomic E-state index is 0.202. The molecule has 1 aromatic rings. The Morgan fingerprint density at radius 2 is 1.95 bits per heavy atom. The summed E-state index contributed by atoms with van der Waals surface area (Å²) in [5, 5.41) is 3.35. The van der Waals surface area contributed by atoms with Gasteiger partial charge in [0.15, 0.2) is 0 Å². The van der Waals surface area contributed by atoms with Crippen molar-refractivity contribution in [1.29, 1.82) is 0 Å². The molecule has 0 bridgehead atoms. The topological polar surface area (TPSA) is 41.6 Å². The Balaban J connectivity index is 2.79. The van der Waals surface area contributed by atoms with Crippen molar-refractivity contribution in [2.75, 3.05) is 33.8 Å². The standard InChI is InChI=1S/C16H25BrN2O2/c1-5-21-15(20)16(2,18-10-11-19(3)4)12-13-6-8-14(17)9-7-13/h6-9,18H,5,10-12H2,1-4H3. The quantitative estimate of drug-likeness (QED) is 0.726. The molecule has 0 saturated heterocycles. The number of likely N-dealkylation sites (N-methyl/N-ethyl adjacent to an activating group) is 1. The molecule has 0 aliphatic heterocycles. The molecular formula is C16H25BrN2O2. The molecule has 0 aliphatic rings. The van der Waals surface area contributed by atoms with Gasteiger partial charge in [-0.25, -0.2) is 0 Å². The number of nitrogens with one attached hydrogen (secondary N) is 1. The Hall–Kier alpha value is -0.910. The van der Waals surface area contributed by atoms with Gasteiger partial charge in [0.2, 0.25) is 0 Å². The second kappa shape index (κ2) is 8.51. The van der Waals surface area contributed by atoms with Crippen LogP contribution in [0.15, 0.2) is 28.7 Å². The van der Waals surface area contributed by atoms with Crippen LogP contribution in [0.2, 0.25) is 0 Å². The maximum Gasteiger partial charge on any atom is 0.326 e. The van der Waals surface area contributed by atoms with E-state index in [-0.39, 0.29) is 5.97 Å². The first-order valence-electron chi connectivity index (χ1n) is 7.19. The van der Waals surface area contributed by atoms with E-state index in [4.69, 9.17) is 4.74 Å². The summed E-state index contributed by atoms with van der Waals surface area (Å²) in [5.41, 5.74) is 0.394. The predicted molar refractivity (Wildman–Crippen MR) is 89.4 cm³/mol. The van der Waals surface area contributed by atoms with Crippen molar-refractivity contribution in [3.63, 3.8) is 0 Å². The molecule has 0 heterocycles. The first-order chi connectivity index (χ1) is 9.87. The van der Waals surface area contributed by atoms with E-state index in [9.17, 15) is 4.79 Å². The highest BCUT2D eigenvalue weighted by Gasteiger charge is 2.34. The molecule has 1 aromatic carbocycles. The Labute approximate surface area is 136 Å². The lowest BCUT2D eigenvalue weighted by Gasteiger charge is -2.29. The third-order valence-electron chi connectivity index (χ3n) is 3.27. The van der Waals surface area contributed by atoms with Crippen LogP contribution in [0.3, 0.4) is 0 Å². The van der Waals surface area contributed by atoms with Gasteiger partial charge in [-0.2, -0.15) is 0 Å². The van der Waals surface area contributed by atoms with Crippen molar-refractivity contribution in [3.05, 3.63) is 34.3 Å². The molecule has 0 fully saturated rings. The smallest absolute Gasteiger partial charge is 0.326 e. The first-order valence-corrected chi connectivity index (χ1v) is 7.98. The molecule has 5 heteroatoms. The van der Waals surface area contributed by atoms with E-state index in [2.05, 4.69) is 26.1 Å². The molecule has 0 radical (unpaired) electrons. The number of hydrogen-bond acceptors (Lipinski definition) is 4. The molecular weight excluding hydrogens is 332 g/mol. The largest absolute Gasteiger partial charge is 0.465 e. The Morgan fingerprint density at radius 3 is 2.48 bits per heavy atom. The fourth-order valence-corrected chi connectivity index (χ4v) is 2.33. The van der Waals surface area contributed by atoms with E-state index in [1.165, 1.54) is 0 Å². The lowest BCUT2D eigenvalue weighted by molar-refractivity contribution is -0.150. The van der Waals surface area contributed by atoms with E-state index in [0.29, 0.717) is 13.0 Å². The van der Waals surface area contributed by atoms with Crippen LogP contribution in [0.5, 0.6) is 0 Å². The summed E-state index contributed by atoms with van der Waals surface area (Å²) in [4.78, 5) is 14.4. The lowest BCUT2D eigenvalue weighted by atomic mass is 9.92. The molecule has 21 heavy (non-hydrogen) atoms. The van der Waals surface area contributed by atoms with Crippen molar-refractivity contribution in [2.45, 2.75) is 25.8 Å². The number of nitrogens with zero attached hydrogens (tertiary/aromatic N) is 1. The number of carbonyl (C=O) groups excluding carboxylic acids is 1. The Morgan fingerprint density at radius 1 is 1.33 bits per heavy atom. The molecule has 1 N–H and O–H groups in total. The van der Waals surface area contributed by atoms with Gasteiger partial charge in [-0.3, -0.25) is 4.79 Å². The summed E-state index contributed by atoms with van der Waals surface area (Å²) < 4.78 is 6.27. The van der Waals surface area contributed by atoms with Crippen molar-refractivity contribution in [3.8, 4) is 0 Å². The van der Waals surface area contributed by atoms with Gasteiger partial charge in [0.05, 0.1) is 6.61 Å². The minimum atomic E-state index is -0.708. The maximum atomic E-state index is 12.3. The van der Waals surface area contributed by atoms with Gasteiger partial charge in [0.1, 0.15) is 5.54 Å². The fraction of sp³-hybridized carbons (Fsp3) is 0.562. The van der Waals surface area contributed by atoms with Gasteiger partial charge in [-0.1, -0.05) is 28.1 Å². The highest BCUT2D eigenvalue weighted by molar-refractivity contribution is 9.10. The van der Waals surface area contributed by atoms with E-state index >= 15 is 0 Å². The summed E-state index contributed by atoms with van der Waals surface area (Å²) in [6.07, 6.45) is 0.604. The zero-order valence-corrected chi connectivity index (χ0v) is 14.9. The molecule has 0 aromatic heterocycles. The number of rotatable bonds is 8. The summed E-state index contributed by atoms with van der Waals surface area (Å²) in [7, 11) is 4.02. The molecule has 0 amide bonds. The average Bonchev–Trinajstić information content (AvgIpc) is 2.41. The summed E-state index contributed by atoms with van der Waals surface area (Å²) >= 11 is 3.42. The van der Waals surface area contributed by atoms with Crippen LogP contribution in [-0.2, 0) is 16.0 Å². The molecule has 0 saturated carbocycles. The number of benzene rings is 1. The SMILES string of the molecule is CCOC(=O)C(C)(Cc1ccc(Br)cc1)NCCN(C)C. The number of halogens is 1. The van der Waals surface area contributed by atoms with Crippen molar-refractivity contribution < 1.29 is 9.53 Å². The molecule has 118 valence electrons. The highest BCUT2D eigenvalue weighted by atomic mass is 79.9. The molecule has 4 nitrogen and oxygen atoms in total. The van der Waals surface area contributed by atoms with Crippen LogP contribution in [-0.4, -0.2) is 50.2 Å². The molecule has 0 aliphatic carbocycles. The normalized spacial score (nSPS) is 14.0. The lowest BCUT2D eigenvalue weighted by Crippen LogP contribution is -2.53. The van der Waals surface area contributed by atoms with Crippen molar-refractivity contribution in [1.82, 2.24) is 10.2 Å². The van der Waals surface area contributed by atoms with Crippen LogP contribution in [0.1, 0.15) is 19.4 Å². The first kappa shape index (κ1) is 18.1. The van der Waals surface area contributed by atoms with Crippen LogP contribution < -0.4 is 5.32 Å². The molecule has 1 rings (SSSR count). The summed E-state index contributed by atoms with van der Waals surface area (Å²) in [6.45, 7) is 5.73.